The van der Waals surface area contributed by atoms with Gasteiger partial charge in [-0.2, -0.15) is 12.7 Å². The van der Waals surface area contributed by atoms with Crippen LogP contribution < -0.4 is 4.31 Å². The first-order valence-electron chi connectivity index (χ1n) is 12.2. The van der Waals surface area contributed by atoms with Gasteiger partial charge in [0.1, 0.15) is 0 Å². The Labute approximate surface area is 202 Å². The molecule has 7 heteroatoms. The Morgan fingerprint density at radius 1 is 0.875 bits per heavy atom. The molecule has 1 aromatic carbocycles. The Morgan fingerprint density at radius 2 is 1.31 bits per heavy atom. The van der Waals surface area contributed by atoms with Gasteiger partial charge in [0.25, 0.3) is 5.24 Å². The highest BCUT2D eigenvalue weighted by molar-refractivity contribution is 8.00. The number of hydrogen-bond acceptors (Lipinski definition) is 4. The van der Waals surface area contributed by atoms with Crippen molar-refractivity contribution < 1.29 is 17.4 Å². The number of para-hydroxylation sites is 1. The molecule has 0 atom stereocenters. The molecule has 0 aliphatic heterocycles. The van der Waals surface area contributed by atoms with Gasteiger partial charge in [0.2, 0.25) is 0 Å². The highest BCUT2D eigenvalue weighted by atomic mass is 32.2. The van der Waals surface area contributed by atoms with Gasteiger partial charge < -0.3 is 0 Å². The SMILES string of the molecule is CCCCCCCCCCCCOS(=O)(=O)N(C(=O)S)c1c(C(C)C)cccc1C(C)C. The lowest BCUT2D eigenvalue weighted by atomic mass is 9.93. The van der Waals surface area contributed by atoms with Gasteiger partial charge in [-0.05, 0) is 29.4 Å². The molecular weight excluding hydrogens is 442 g/mol. The van der Waals surface area contributed by atoms with E-state index in [0.29, 0.717) is 12.1 Å². The fourth-order valence-electron chi connectivity index (χ4n) is 3.86. The zero-order chi connectivity index (χ0) is 24.1. The maximum atomic E-state index is 13.0. The predicted octanol–water partition coefficient (Wildman–Crippen LogP) is 7.97. The Hall–Kier alpha value is -1.05. The molecule has 0 saturated heterocycles. The van der Waals surface area contributed by atoms with Gasteiger partial charge in [0.05, 0.1) is 12.3 Å². The molecule has 0 aliphatic carbocycles. The number of amides is 1. The molecule has 1 rings (SSSR count). The topological polar surface area (TPSA) is 63.7 Å². The van der Waals surface area contributed by atoms with E-state index in [1.54, 1.807) is 0 Å². The average Bonchev–Trinajstić information content (AvgIpc) is 2.71. The first kappa shape index (κ1) is 29.0. The van der Waals surface area contributed by atoms with E-state index in [-0.39, 0.29) is 18.4 Å². The van der Waals surface area contributed by atoms with Crippen LogP contribution in [0.4, 0.5) is 10.5 Å². The number of rotatable bonds is 16. The summed E-state index contributed by atoms with van der Waals surface area (Å²) in [5, 5.41) is -0.858. The molecule has 184 valence electrons. The third-order valence-corrected chi connectivity index (χ3v) is 7.27. The largest absolute Gasteiger partial charge is 0.369 e. The van der Waals surface area contributed by atoms with Crippen LogP contribution in [-0.2, 0) is 14.5 Å². The van der Waals surface area contributed by atoms with Gasteiger partial charge in [0, 0.05) is 0 Å². The Morgan fingerprint density at radius 3 is 1.72 bits per heavy atom. The van der Waals surface area contributed by atoms with Crippen LogP contribution in [0.25, 0.3) is 0 Å². The summed E-state index contributed by atoms with van der Waals surface area (Å²) in [5.41, 5.74) is 1.94. The number of nitrogens with zero attached hydrogens (tertiary/aromatic N) is 1. The maximum Gasteiger partial charge on any atom is 0.369 e. The molecule has 0 fully saturated rings. The van der Waals surface area contributed by atoms with Gasteiger partial charge in [0.15, 0.2) is 0 Å². The van der Waals surface area contributed by atoms with E-state index in [9.17, 15) is 13.2 Å². The molecule has 0 saturated carbocycles. The molecule has 0 N–H and O–H groups in total. The van der Waals surface area contributed by atoms with Crippen LogP contribution in [0.15, 0.2) is 18.2 Å². The molecule has 0 aliphatic rings. The lowest BCUT2D eigenvalue weighted by Crippen LogP contribution is -2.36. The molecule has 1 amide bonds. The Bertz CT molecular complexity index is 765. The maximum absolute atomic E-state index is 13.0. The van der Waals surface area contributed by atoms with E-state index in [2.05, 4.69) is 19.6 Å². The molecule has 0 unspecified atom stereocenters. The minimum atomic E-state index is -4.29. The summed E-state index contributed by atoms with van der Waals surface area (Å²) in [6.45, 7) is 10.2. The predicted molar refractivity (Wildman–Crippen MR) is 138 cm³/mol. The molecule has 0 spiro atoms. The summed E-state index contributed by atoms with van der Waals surface area (Å²) in [4.78, 5) is 12.4. The Balaban J connectivity index is 2.72. The lowest BCUT2D eigenvalue weighted by molar-refractivity contribution is 0.265. The number of hydrogen-bond donors (Lipinski definition) is 1. The molecular formula is C25H43NO4S2. The van der Waals surface area contributed by atoms with Gasteiger partial charge in [-0.25, -0.2) is 0 Å². The lowest BCUT2D eigenvalue weighted by Gasteiger charge is -2.27. The van der Waals surface area contributed by atoms with E-state index >= 15 is 0 Å². The summed E-state index contributed by atoms with van der Waals surface area (Å²) >= 11 is 3.89. The van der Waals surface area contributed by atoms with E-state index in [1.165, 1.54) is 44.9 Å². The summed E-state index contributed by atoms with van der Waals surface area (Å²) < 4.78 is 32.0. The van der Waals surface area contributed by atoms with E-state index in [1.807, 2.05) is 45.9 Å². The molecule has 0 aromatic heterocycles. The normalized spacial score (nSPS) is 12.0. The highest BCUT2D eigenvalue weighted by Gasteiger charge is 2.33. The smallest absolute Gasteiger partial charge is 0.260 e. The summed E-state index contributed by atoms with van der Waals surface area (Å²) in [6.07, 6.45) is 11.5. The summed E-state index contributed by atoms with van der Waals surface area (Å²) in [7, 11) is -4.29. The van der Waals surface area contributed by atoms with Crippen molar-refractivity contribution in [2.75, 3.05) is 10.9 Å². The Kier molecular flexibility index (Phi) is 13.6. The molecule has 1 aromatic rings. The van der Waals surface area contributed by atoms with Crippen molar-refractivity contribution in [2.45, 2.75) is 111 Å². The number of thiol groups is 1. The quantitative estimate of drug-likeness (QED) is 0.190. The number of anilines is 1. The average molecular weight is 486 g/mol. The second-order valence-corrected chi connectivity index (χ2v) is 10.9. The van der Waals surface area contributed by atoms with Crippen LogP contribution in [0.2, 0.25) is 0 Å². The summed E-state index contributed by atoms with van der Waals surface area (Å²) in [5.74, 6) is 0.0760. The third-order valence-electron chi connectivity index (χ3n) is 5.67. The number of unbranched alkanes of at least 4 members (excludes halogenated alkanes) is 9. The van der Waals surface area contributed by atoms with Crippen molar-refractivity contribution in [3.05, 3.63) is 29.3 Å². The fourth-order valence-corrected chi connectivity index (χ4v) is 5.32. The molecule has 32 heavy (non-hydrogen) atoms. The molecule has 0 radical (unpaired) electrons. The van der Waals surface area contributed by atoms with Crippen LogP contribution in [0.3, 0.4) is 0 Å². The van der Waals surface area contributed by atoms with Crippen LogP contribution in [0.1, 0.15) is 122 Å². The van der Waals surface area contributed by atoms with Gasteiger partial charge in [-0.3, -0.25) is 8.98 Å². The fraction of sp³-hybridized carbons (Fsp3) is 0.720. The van der Waals surface area contributed by atoms with Crippen LogP contribution in [-0.4, -0.2) is 20.3 Å². The van der Waals surface area contributed by atoms with Crippen molar-refractivity contribution >= 4 is 33.9 Å². The molecule has 5 nitrogen and oxygen atoms in total. The third kappa shape index (κ3) is 9.44. The first-order valence-corrected chi connectivity index (χ1v) is 14.0. The zero-order valence-corrected chi connectivity index (χ0v) is 22.3. The van der Waals surface area contributed by atoms with Gasteiger partial charge in [-0.15, -0.1) is 0 Å². The van der Waals surface area contributed by atoms with Crippen LogP contribution >= 0.6 is 12.6 Å². The minimum Gasteiger partial charge on any atom is -0.260 e. The monoisotopic (exact) mass is 485 g/mol. The van der Waals surface area contributed by atoms with Gasteiger partial charge >= 0.3 is 10.3 Å². The summed E-state index contributed by atoms with van der Waals surface area (Å²) in [6, 6.07) is 5.60. The molecule has 0 heterocycles. The zero-order valence-electron chi connectivity index (χ0n) is 20.6. The van der Waals surface area contributed by atoms with Crippen molar-refractivity contribution in [3.63, 3.8) is 0 Å². The van der Waals surface area contributed by atoms with Gasteiger partial charge in [-0.1, -0.05) is 123 Å². The van der Waals surface area contributed by atoms with Crippen molar-refractivity contribution in [1.82, 2.24) is 0 Å². The van der Waals surface area contributed by atoms with Crippen LogP contribution in [0, 0.1) is 0 Å². The van der Waals surface area contributed by atoms with Crippen molar-refractivity contribution in [1.29, 1.82) is 0 Å². The number of carbonyl (C=O) groups is 1. The highest BCUT2D eigenvalue weighted by Crippen LogP contribution is 2.37. The number of carbonyl (C=O) groups excluding carboxylic acids is 1. The van der Waals surface area contributed by atoms with E-state index in [0.717, 1.165) is 28.3 Å². The van der Waals surface area contributed by atoms with Crippen molar-refractivity contribution in [3.8, 4) is 0 Å². The number of benzene rings is 1. The minimum absolute atomic E-state index is 0.0380. The van der Waals surface area contributed by atoms with E-state index < -0.39 is 15.5 Å². The first-order chi connectivity index (χ1) is 15.1. The second-order valence-electron chi connectivity index (χ2n) is 9.10. The molecule has 0 bridgehead atoms. The van der Waals surface area contributed by atoms with Crippen molar-refractivity contribution in [2.24, 2.45) is 0 Å². The second kappa shape index (κ2) is 15.0. The standard InChI is InChI=1S/C25H43NO4S2/c1-6-7-8-9-10-11-12-13-14-15-19-30-32(28,29)26(25(27)31)24-22(20(2)3)17-16-18-23(24)21(4)5/h16-18,20-21H,6-15,19H2,1-5H3,(H,27,31). The van der Waals surface area contributed by atoms with E-state index in [4.69, 9.17) is 4.18 Å². The van der Waals surface area contributed by atoms with Crippen LogP contribution in [0.5, 0.6) is 0 Å².